The number of ether oxygens (including phenoxy) is 2. The molecule has 4 nitrogen and oxygen atoms in total. The molecule has 0 radical (unpaired) electrons. The molecule has 2 aromatic carbocycles. The second kappa shape index (κ2) is 9.39. The molecule has 0 saturated heterocycles. The van der Waals surface area contributed by atoms with Crippen LogP contribution in [0.25, 0.3) is 22.4 Å². The number of hydrogen-bond acceptors (Lipinski definition) is 4. The molecule has 3 aromatic rings. The summed E-state index contributed by atoms with van der Waals surface area (Å²) < 4.78 is 11.0. The van der Waals surface area contributed by atoms with Crippen molar-refractivity contribution in [2.45, 2.75) is 13.8 Å². The van der Waals surface area contributed by atoms with E-state index in [-0.39, 0.29) is 5.69 Å². The molecule has 3 rings (SSSR count). The summed E-state index contributed by atoms with van der Waals surface area (Å²) in [5.74, 6) is 0.256. The van der Waals surface area contributed by atoms with Crippen LogP contribution in [0.4, 0.5) is 0 Å². The van der Waals surface area contributed by atoms with Gasteiger partial charge in [0.2, 0.25) is 0 Å². The summed E-state index contributed by atoms with van der Waals surface area (Å²) in [6.07, 6.45) is 0. The standard InChI is InChI=1S/C24H22ClNO3/c1-4-28-24(27)22-11-7-10-21(26-22)19-9-6-5-8-18(19)20-14-17(25)12-13-23(20)29-15-16(2)3/h5-14H,2,4,15H2,1,3H3. The number of pyridine rings is 1. The van der Waals surface area contributed by atoms with Gasteiger partial charge in [-0.1, -0.05) is 48.5 Å². The third-order valence-corrected chi connectivity index (χ3v) is 4.38. The zero-order valence-electron chi connectivity index (χ0n) is 16.4. The fourth-order valence-corrected chi connectivity index (χ4v) is 3.06. The SMILES string of the molecule is C=C(C)COc1ccc(Cl)cc1-c1ccccc1-c1cccc(C(=O)OCC)n1. The largest absolute Gasteiger partial charge is 0.489 e. The van der Waals surface area contributed by atoms with Crippen LogP contribution in [0.2, 0.25) is 5.02 Å². The number of benzene rings is 2. The molecule has 0 aliphatic heterocycles. The monoisotopic (exact) mass is 407 g/mol. The van der Waals surface area contributed by atoms with Crippen LogP contribution in [-0.2, 0) is 4.74 Å². The Bertz CT molecular complexity index is 1050. The Kier molecular flexibility index (Phi) is 6.68. The minimum Gasteiger partial charge on any atom is -0.489 e. The van der Waals surface area contributed by atoms with E-state index < -0.39 is 5.97 Å². The molecule has 0 aliphatic carbocycles. The van der Waals surface area contributed by atoms with Crippen molar-refractivity contribution in [2.75, 3.05) is 13.2 Å². The molecule has 0 amide bonds. The van der Waals surface area contributed by atoms with Crippen molar-refractivity contribution in [3.05, 3.63) is 83.5 Å². The summed E-state index contributed by atoms with van der Waals surface area (Å²) in [6.45, 7) is 8.28. The molecule has 0 saturated carbocycles. The smallest absolute Gasteiger partial charge is 0.356 e. The molecule has 1 heterocycles. The number of nitrogens with zero attached hydrogens (tertiary/aromatic N) is 1. The molecule has 0 fully saturated rings. The molecule has 0 spiro atoms. The van der Waals surface area contributed by atoms with Gasteiger partial charge in [0, 0.05) is 16.1 Å². The van der Waals surface area contributed by atoms with Crippen LogP contribution in [0.15, 0.2) is 72.8 Å². The van der Waals surface area contributed by atoms with E-state index in [1.165, 1.54) is 0 Å². The van der Waals surface area contributed by atoms with Crippen LogP contribution in [0.5, 0.6) is 5.75 Å². The van der Waals surface area contributed by atoms with Gasteiger partial charge in [0.05, 0.1) is 12.3 Å². The van der Waals surface area contributed by atoms with E-state index in [1.54, 1.807) is 25.1 Å². The van der Waals surface area contributed by atoms with Gasteiger partial charge in [-0.15, -0.1) is 0 Å². The highest BCUT2D eigenvalue weighted by Crippen LogP contribution is 2.38. The lowest BCUT2D eigenvalue weighted by Crippen LogP contribution is -2.07. The van der Waals surface area contributed by atoms with Crippen molar-refractivity contribution < 1.29 is 14.3 Å². The highest BCUT2D eigenvalue weighted by molar-refractivity contribution is 6.31. The summed E-state index contributed by atoms with van der Waals surface area (Å²) in [7, 11) is 0. The highest BCUT2D eigenvalue weighted by atomic mass is 35.5. The second-order valence-corrected chi connectivity index (χ2v) is 7.00. The lowest BCUT2D eigenvalue weighted by molar-refractivity contribution is 0.0519. The van der Waals surface area contributed by atoms with E-state index in [1.807, 2.05) is 49.4 Å². The Morgan fingerprint density at radius 2 is 1.79 bits per heavy atom. The van der Waals surface area contributed by atoms with Gasteiger partial charge in [-0.25, -0.2) is 9.78 Å². The van der Waals surface area contributed by atoms with Crippen molar-refractivity contribution in [1.29, 1.82) is 0 Å². The molecule has 0 aliphatic rings. The molecule has 0 unspecified atom stereocenters. The Balaban J connectivity index is 2.09. The molecule has 0 N–H and O–H groups in total. The van der Waals surface area contributed by atoms with Crippen LogP contribution in [0, 0.1) is 0 Å². The normalized spacial score (nSPS) is 10.4. The number of carbonyl (C=O) groups excluding carboxylic acids is 1. The predicted molar refractivity (Wildman–Crippen MR) is 116 cm³/mol. The molecular formula is C24H22ClNO3. The maximum Gasteiger partial charge on any atom is 0.356 e. The van der Waals surface area contributed by atoms with Gasteiger partial charge in [-0.3, -0.25) is 0 Å². The van der Waals surface area contributed by atoms with Gasteiger partial charge < -0.3 is 9.47 Å². The minimum atomic E-state index is -0.444. The zero-order valence-corrected chi connectivity index (χ0v) is 17.2. The lowest BCUT2D eigenvalue weighted by atomic mass is 9.96. The first kappa shape index (κ1) is 20.6. The van der Waals surface area contributed by atoms with E-state index in [4.69, 9.17) is 21.1 Å². The van der Waals surface area contributed by atoms with Crippen LogP contribution in [0.3, 0.4) is 0 Å². The van der Waals surface area contributed by atoms with Gasteiger partial charge in [0.1, 0.15) is 18.1 Å². The average molecular weight is 408 g/mol. The summed E-state index contributed by atoms with van der Waals surface area (Å²) in [5.41, 5.74) is 4.46. The minimum absolute atomic E-state index is 0.268. The van der Waals surface area contributed by atoms with Crippen LogP contribution in [-0.4, -0.2) is 24.2 Å². The Hall–Kier alpha value is -3.11. The maximum atomic E-state index is 12.1. The number of esters is 1. The van der Waals surface area contributed by atoms with Crippen molar-refractivity contribution in [3.63, 3.8) is 0 Å². The van der Waals surface area contributed by atoms with Crippen LogP contribution >= 0.6 is 11.6 Å². The first-order valence-electron chi connectivity index (χ1n) is 9.30. The first-order chi connectivity index (χ1) is 14.0. The van der Waals surface area contributed by atoms with E-state index >= 15 is 0 Å². The Labute approximate surface area is 175 Å². The first-order valence-corrected chi connectivity index (χ1v) is 9.68. The summed E-state index contributed by atoms with van der Waals surface area (Å²) in [4.78, 5) is 16.6. The summed E-state index contributed by atoms with van der Waals surface area (Å²) >= 11 is 6.28. The molecule has 0 atom stereocenters. The molecule has 0 bridgehead atoms. The highest BCUT2D eigenvalue weighted by Gasteiger charge is 2.15. The van der Waals surface area contributed by atoms with Gasteiger partial charge >= 0.3 is 5.97 Å². The van der Waals surface area contributed by atoms with E-state index in [0.29, 0.717) is 29.7 Å². The number of rotatable bonds is 7. The van der Waals surface area contributed by atoms with E-state index in [9.17, 15) is 4.79 Å². The topological polar surface area (TPSA) is 48.4 Å². The number of halogens is 1. The van der Waals surface area contributed by atoms with Crippen LogP contribution in [0.1, 0.15) is 24.3 Å². The number of carbonyl (C=O) groups is 1. The summed E-state index contributed by atoms with van der Waals surface area (Å²) in [5, 5.41) is 0.603. The summed E-state index contributed by atoms with van der Waals surface area (Å²) in [6, 6.07) is 18.6. The van der Waals surface area contributed by atoms with Gasteiger partial charge in [0.15, 0.2) is 0 Å². The van der Waals surface area contributed by atoms with Crippen molar-refractivity contribution in [1.82, 2.24) is 4.98 Å². The predicted octanol–water partition coefficient (Wildman–Crippen LogP) is 6.20. The van der Waals surface area contributed by atoms with Crippen molar-refractivity contribution in [2.24, 2.45) is 0 Å². The fraction of sp³-hybridized carbons (Fsp3) is 0.167. The number of hydrogen-bond donors (Lipinski definition) is 0. The van der Waals surface area contributed by atoms with Crippen molar-refractivity contribution >= 4 is 17.6 Å². The van der Waals surface area contributed by atoms with Crippen LogP contribution < -0.4 is 4.74 Å². The maximum absolute atomic E-state index is 12.1. The lowest BCUT2D eigenvalue weighted by Gasteiger charge is -2.15. The second-order valence-electron chi connectivity index (χ2n) is 6.56. The molecular weight excluding hydrogens is 386 g/mol. The number of aromatic nitrogens is 1. The average Bonchev–Trinajstić information content (AvgIpc) is 2.73. The van der Waals surface area contributed by atoms with Crippen molar-refractivity contribution in [3.8, 4) is 28.1 Å². The van der Waals surface area contributed by atoms with E-state index in [0.717, 1.165) is 22.3 Å². The molecule has 29 heavy (non-hydrogen) atoms. The third kappa shape index (κ3) is 5.04. The molecule has 5 heteroatoms. The van der Waals surface area contributed by atoms with Gasteiger partial charge in [-0.05, 0) is 55.3 Å². The van der Waals surface area contributed by atoms with Gasteiger partial charge in [-0.2, -0.15) is 0 Å². The Morgan fingerprint density at radius 3 is 2.52 bits per heavy atom. The fourth-order valence-electron chi connectivity index (χ4n) is 2.88. The molecule has 148 valence electrons. The Morgan fingerprint density at radius 1 is 1.03 bits per heavy atom. The van der Waals surface area contributed by atoms with E-state index in [2.05, 4.69) is 11.6 Å². The third-order valence-electron chi connectivity index (χ3n) is 4.14. The van der Waals surface area contributed by atoms with Gasteiger partial charge in [0.25, 0.3) is 0 Å². The zero-order chi connectivity index (χ0) is 20.8. The molecule has 1 aromatic heterocycles. The quantitative estimate of drug-likeness (QED) is 0.345.